The van der Waals surface area contributed by atoms with Gasteiger partial charge in [-0.05, 0) is 13.0 Å². The van der Waals surface area contributed by atoms with Gasteiger partial charge in [0.15, 0.2) is 5.82 Å². The van der Waals surface area contributed by atoms with Crippen molar-refractivity contribution < 1.29 is 19.2 Å². The molecule has 20 heavy (non-hydrogen) atoms. The highest BCUT2D eigenvalue weighted by Gasteiger charge is 2.24. The molecule has 0 saturated heterocycles. The van der Waals surface area contributed by atoms with Crippen LogP contribution in [0.2, 0.25) is 5.02 Å². The predicted octanol–water partition coefficient (Wildman–Crippen LogP) is 2.58. The molecule has 0 amide bonds. The van der Waals surface area contributed by atoms with Gasteiger partial charge in [-0.1, -0.05) is 11.6 Å². The molecule has 0 aliphatic rings. The van der Waals surface area contributed by atoms with E-state index in [0.29, 0.717) is 11.8 Å². The molecule has 0 spiro atoms. The van der Waals surface area contributed by atoms with E-state index in [1.165, 1.54) is 6.20 Å². The number of carbonyl (C=O) groups is 1. The monoisotopic (exact) mass is 299 g/mol. The lowest BCUT2D eigenvalue weighted by Gasteiger charge is -2.05. The molecule has 0 saturated carbocycles. The molecule has 0 atom stereocenters. The molecule has 1 aromatic carbocycles. The van der Waals surface area contributed by atoms with Crippen molar-refractivity contribution >= 4 is 23.3 Å². The third-order valence-corrected chi connectivity index (χ3v) is 2.95. The molecule has 0 unspecified atom stereocenters. The van der Waals surface area contributed by atoms with E-state index in [2.05, 4.69) is 5.10 Å². The van der Waals surface area contributed by atoms with E-state index in [1.54, 1.807) is 6.92 Å². The first-order chi connectivity index (χ1) is 9.31. The highest BCUT2D eigenvalue weighted by Crippen LogP contribution is 2.26. The Bertz CT molecular complexity index is 709. The smallest absolute Gasteiger partial charge is 0.342 e. The standard InChI is InChI=1S/C11H7ClFN3O4/c1-5-7(12)4-15(14-5)10-2-6(11(17)18)9(16(19)20)3-8(10)13/h2-4H,1H3,(H,17,18). The number of hydrogen-bond donors (Lipinski definition) is 1. The van der Waals surface area contributed by atoms with Crippen LogP contribution in [0.25, 0.3) is 5.69 Å². The Hall–Kier alpha value is -2.48. The van der Waals surface area contributed by atoms with Gasteiger partial charge in [0.25, 0.3) is 5.69 Å². The fraction of sp³-hybridized carbons (Fsp3) is 0.0909. The maximum atomic E-state index is 13.9. The molecule has 0 fully saturated rings. The lowest BCUT2D eigenvalue weighted by molar-refractivity contribution is -0.385. The fourth-order valence-corrected chi connectivity index (χ4v) is 1.74. The van der Waals surface area contributed by atoms with Crippen LogP contribution in [0.15, 0.2) is 18.3 Å². The number of benzene rings is 1. The number of hydrogen-bond acceptors (Lipinski definition) is 4. The maximum absolute atomic E-state index is 13.9. The van der Waals surface area contributed by atoms with E-state index in [1.807, 2.05) is 0 Å². The van der Waals surface area contributed by atoms with E-state index < -0.39 is 28.0 Å². The highest BCUT2D eigenvalue weighted by atomic mass is 35.5. The third-order valence-electron chi connectivity index (χ3n) is 2.58. The van der Waals surface area contributed by atoms with Gasteiger partial charge in [-0.15, -0.1) is 0 Å². The minimum Gasteiger partial charge on any atom is -0.477 e. The number of carboxylic acid groups (broad SMARTS) is 1. The van der Waals surface area contributed by atoms with Gasteiger partial charge in [-0.2, -0.15) is 5.10 Å². The Kier molecular flexibility index (Phi) is 3.41. The summed E-state index contributed by atoms with van der Waals surface area (Å²) in [6.07, 6.45) is 1.28. The Morgan fingerprint density at radius 3 is 2.65 bits per heavy atom. The molecule has 2 aromatic rings. The normalized spacial score (nSPS) is 10.6. The molecular formula is C11H7ClFN3O4. The summed E-state index contributed by atoms with van der Waals surface area (Å²) in [5, 5.41) is 23.8. The summed E-state index contributed by atoms with van der Waals surface area (Å²) >= 11 is 5.79. The molecule has 0 bridgehead atoms. The van der Waals surface area contributed by atoms with Crippen molar-refractivity contribution in [2.75, 3.05) is 0 Å². The molecule has 2 rings (SSSR count). The molecule has 104 valence electrons. The average Bonchev–Trinajstić information content (AvgIpc) is 2.68. The second-order valence-electron chi connectivity index (χ2n) is 3.89. The van der Waals surface area contributed by atoms with Crippen LogP contribution in [-0.2, 0) is 0 Å². The van der Waals surface area contributed by atoms with E-state index in [4.69, 9.17) is 16.7 Å². The van der Waals surface area contributed by atoms with Crippen LogP contribution >= 0.6 is 11.6 Å². The summed E-state index contributed by atoms with van der Waals surface area (Å²) < 4.78 is 14.9. The molecule has 0 aliphatic carbocycles. The predicted molar refractivity (Wildman–Crippen MR) is 66.9 cm³/mol. The van der Waals surface area contributed by atoms with E-state index in [0.717, 1.165) is 10.7 Å². The summed E-state index contributed by atoms with van der Waals surface area (Å²) in [6, 6.07) is 1.39. The minimum absolute atomic E-state index is 0.233. The summed E-state index contributed by atoms with van der Waals surface area (Å²) in [6.45, 7) is 1.58. The zero-order valence-electron chi connectivity index (χ0n) is 10.0. The van der Waals surface area contributed by atoms with E-state index >= 15 is 0 Å². The zero-order chi connectivity index (χ0) is 15.0. The van der Waals surface area contributed by atoms with Gasteiger partial charge >= 0.3 is 5.97 Å². The van der Waals surface area contributed by atoms with Crippen LogP contribution < -0.4 is 0 Å². The molecule has 7 nitrogen and oxygen atoms in total. The molecule has 1 aromatic heterocycles. The first-order valence-electron chi connectivity index (χ1n) is 5.24. The first-order valence-corrected chi connectivity index (χ1v) is 5.62. The van der Waals surface area contributed by atoms with Crippen molar-refractivity contribution in [2.45, 2.75) is 6.92 Å². The fourth-order valence-electron chi connectivity index (χ4n) is 1.61. The van der Waals surface area contributed by atoms with Crippen LogP contribution in [0.1, 0.15) is 16.1 Å². The topological polar surface area (TPSA) is 98.3 Å². The number of aromatic nitrogens is 2. The van der Waals surface area contributed by atoms with E-state index in [-0.39, 0.29) is 10.7 Å². The maximum Gasteiger partial charge on any atom is 0.342 e. The summed E-state index contributed by atoms with van der Waals surface area (Å²) in [5.74, 6) is -2.51. The average molecular weight is 300 g/mol. The van der Waals surface area contributed by atoms with Crippen LogP contribution in [0.4, 0.5) is 10.1 Å². The number of nitrogens with zero attached hydrogens (tertiary/aromatic N) is 3. The summed E-state index contributed by atoms with van der Waals surface area (Å²) in [5.41, 5.74) is -1.27. The minimum atomic E-state index is -1.53. The molecule has 0 radical (unpaired) electrons. The second-order valence-corrected chi connectivity index (χ2v) is 4.30. The highest BCUT2D eigenvalue weighted by molar-refractivity contribution is 6.31. The van der Waals surface area contributed by atoms with Crippen molar-refractivity contribution in [3.8, 4) is 5.69 Å². The van der Waals surface area contributed by atoms with Crippen LogP contribution in [0.3, 0.4) is 0 Å². The Labute approximate surface area is 116 Å². The SMILES string of the molecule is Cc1nn(-c2cc(C(=O)O)c([N+](=O)[O-])cc2F)cc1Cl. The molecule has 9 heteroatoms. The van der Waals surface area contributed by atoms with Gasteiger partial charge in [-0.25, -0.2) is 13.9 Å². The largest absolute Gasteiger partial charge is 0.477 e. The number of carboxylic acids is 1. The lowest BCUT2D eigenvalue weighted by atomic mass is 10.1. The number of nitro groups is 1. The summed E-state index contributed by atoms with van der Waals surface area (Å²) in [4.78, 5) is 20.8. The van der Waals surface area contributed by atoms with Gasteiger partial charge in [0, 0.05) is 6.20 Å². The van der Waals surface area contributed by atoms with Gasteiger partial charge in [-0.3, -0.25) is 10.1 Å². The quantitative estimate of drug-likeness (QED) is 0.693. The number of aromatic carboxylic acids is 1. The van der Waals surface area contributed by atoms with Crippen molar-refractivity contribution in [3.63, 3.8) is 0 Å². The van der Waals surface area contributed by atoms with Crippen molar-refractivity contribution in [2.24, 2.45) is 0 Å². The van der Waals surface area contributed by atoms with Crippen LogP contribution in [0, 0.1) is 22.9 Å². The number of aryl methyl sites for hydroxylation is 1. The lowest BCUT2D eigenvalue weighted by Crippen LogP contribution is -2.07. The number of halogens is 2. The van der Waals surface area contributed by atoms with Crippen molar-refractivity contribution in [3.05, 3.63) is 50.5 Å². The molecule has 1 N–H and O–H groups in total. The van der Waals surface area contributed by atoms with Gasteiger partial charge in [0.05, 0.1) is 21.7 Å². The number of rotatable bonds is 3. The van der Waals surface area contributed by atoms with Gasteiger partial charge < -0.3 is 5.11 Å². The Balaban J connectivity index is 2.69. The molecule has 0 aliphatic heterocycles. The Morgan fingerprint density at radius 2 is 2.20 bits per heavy atom. The van der Waals surface area contributed by atoms with Crippen molar-refractivity contribution in [1.82, 2.24) is 9.78 Å². The first kappa shape index (κ1) is 13.9. The Morgan fingerprint density at radius 1 is 1.55 bits per heavy atom. The van der Waals surface area contributed by atoms with Crippen LogP contribution in [-0.4, -0.2) is 25.8 Å². The van der Waals surface area contributed by atoms with Gasteiger partial charge in [0.2, 0.25) is 0 Å². The summed E-state index contributed by atoms with van der Waals surface area (Å²) in [7, 11) is 0. The number of nitro benzene ring substituents is 1. The van der Waals surface area contributed by atoms with Crippen LogP contribution in [0.5, 0.6) is 0 Å². The molecule has 1 heterocycles. The van der Waals surface area contributed by atoms with E-state index in [9.17, 15) is 19.3 Å². The zero-order valence-corrected chi connectivity index (χ0v) is 10.8. The van der Waals surface area contributed by atoms with Gasteiger partial charge in [0.1, 0.15) is 11.3 Å². The van der Waals surface area contributed by atoms with Crippen molar-refractivity contribution in [1.29, 1.82) is 0 Å². The third kappa shape index (κ3) is 2.32. The molecular weight excluding hydrogens is 293 g/mol. The second kappa shape index (κ2) is 4.89.